The number of thiazole rings is 1. The van der Waals surface area contributed by atoms with Crippen LogP contribution in [0.2, 0.25) is 0 Å². The molecule has 2 aliphatic rings. The second-order valence-corrected chi connectivity index (χ2v) is 7.59. The minimum atomic E-state index is -0.772. The number of carboxylic acid groups (broad SMARTS) is 1. The Morgan fingerprint density at radius 3 is 2.83 bits per heavy atom. The average Bonchev–Trinajstić information content (AvgIpc) is 3.16. The zero-order chi connectivity index (χ0) is 16.4. The van der Waals surface area contributed by atoms with Gasteiger partial charge in [-0.05, 0) is 37.5 Å². The van der Waals surface area contributed by atoms with Crippen molar-refractivity contribution in [3.63, 3.8) is 0 Å². The summed E-state index contributed by atoms with van der Waals surface area (Å²) in [6.45, 7) is 4.22. The molecule has 1 aromatic rings. The molecule has 1 atom stereocenters. The first-order valence-corrected chi connectivity index (χ1v) is 9.11. The van der Waals surface area contributed by atoms with E-state index in [-0.39, 0.29) is 11.3 Å². The van der Waals surface area contributed by atoms with Crippen LogP contribution in [0.5, 0.6) is 0 Å². The average molecular weight is 337 g/mol. The van der Waals surface area contributed by atoms with E-state index < -0.39 is 12.0 Å². The summed E-state index contributed by atoms with van der Waals surface area (Å²) < 4.78 is 0. The Bertz CT molecular complexity index is 593. The Kier molecular flexibility index (Phi) is 4.68. The molecule has 1 aromatic heterocycles. The lowest BCUT2D eigenvalue weighted by Gasteiger charge is -2.38. The van der Waals surface area contributed by atoms with E-state index in [1.165, 1.54) is 0 Å². The number of amides is 1. The molecule has 3 rings (SSSR count). The predicted octanol–water partition coefficient (Wildman–Crippen LogP) is 1.76. The first-order chi connectivity index (χ1) is 11.0. The van der Waals surface area contributed by atoms with Gasteiger partial charge in [0, 0.05) is 25.0 Å². The van der Waals surface area contributed by atoms with Crippen molar-refractivity contribution in [2.75, 3.05) is 19.6 Å². The summed E-state index contributed by atoms with van der Waals surface area (Å²) in [5.74, 6) is -0.759. The fraction of sp³-hybridized carbons (Fsp3) is 0.688. The van der Waals surface area contributed by atoms with Crippen LogP contribution in [-0.4, -0.2) is 52.5 Å². The molecule has 0 bridgehead atoms. The van der Waals surface area contributed by atoms with Gasteiger partial charge in [0.2, 0.25) is 0 Å². The van der Waals surface area contributed by atoms with Crippen molar-refractivity contribution in [2.45, 2.75) is 45.1 Å². The van der Waals surface area contributed by atoms with Crippen molar-refractivity contribution in [1.29, 1.82) is 0 Å². The van der Waals surface area contributed by atoms with Gasteiger partial charge < -0.3 is 15.3 Å². The molecule has 3 heterocycles. The smallest absolute Gasteiger partial charge is 0.320 e. The maximum Gasteiger partial charge on any atom is 0.320 e. The second-order valence-electron chi connectivity index (χ2n) is 6.64. The quantitative estimate of drug-likeness (QED) is 0.875. The van der Waals surface area contributed by atoms with Gasteiger partial charge in [0.25, 0.3) is 5.91 Å². The summed E-state index contributed by atoms with van der Waals surface area (Å²) in [5.41, 5.74) is 0.595. The first kappa shape index (κ1) is 16.4. The molecule has 23 heavy (non-hydrogen) atoms. The Morgan fingerprint density at radius 2 is 2.22 bits per heavy atom. The molecule has 0 radical (unpaired) electrons. The normalized spacial score (nSPS) is 23.3. The Hall–Kier alpha value is -1.47. The lowest BCUT2D eigenvalue weighted by atomic mass is 9.76. The predicted molar refractivity (Wildman–Crippen MR) is 87.7 cm³/mol. The summed E-state index contributed by atoms with van der Waals surface area (Å²) in [6, 6.07) is -0.438. The highest BCUT2D eigenvalue weighted by Crippen LogP contribution is 2.39. The zero-order valence-corrected chi connectivity index (χ0v) is 14.2. The molecule has 2 aliphatic heterocycles. The van der Waals surface area contributed by atoms with Crippen LogP contribution in [0, 0.1) is 5.41 Å². The number of aromatic nitrogens is 1. The standard InChI is InChI=1S/C16H23N3O3S/c1-2-3-13-18-12(9-23-13)14(20)19-6-4-16(5-7-19)8-11(15(21)22)17-10-16/h9,11,17H,2-8,10H2,1H3,(H,21,22)/t11-/m0/s1. The molecule has 7 heteroatoms. The minimum Gasteiger partial charge on any atom is -0.480 e. The van der Waals surface area contributed by atoms with E-state index in [1.807, 2.05) is 10.3 Å². The maximum absolute atomic E-state index is 12.6. The number of hydrogen-bond donors (Lipinski definition) is 2. The summed E-state index contributed by atoms with van der Waals surface area (Å²) in [4.78, 5) is 30.0. The molecule has 6 nitrogen and oxygen atoms in total. The molecule has 1 amide bonds. The molecule has 1 spiro atoms. The molecule has 0 saturated carbocycles. The van der Waals surface area contributed by atoms with Gasteiger partial charge in [-0.2, -0.15) is 0 Å². The highest BCUT2D eigenvalue weighted by Gasteiger charge is 2.44. The Morgan fingerprint density at radius 1 is 1.48 bits per heavy atom. The number of hydrogen-bond acceptors (Lipinski definition) is 5. The van der Waals surface area contributed by atoms with Crippen LogP contribution in [0.4, 0.5) is 0 Å². The SMILES string of the molecule is CCCc1nc(C(=O)N2CCC3(CC2)CN[C@H](C(=O)O)C3)cs1. The van der Waals surface area contributed by atoms with E-state index in [1.54, 1.807) is 11.3 Å². The second kappa shape index (κ2) is 6.57. The third-order valence-corrected chi connectivity index (χ3v) is 5.91. The van der Waals surface area contributed by atoms with Gasteiger partial charge in [-0.25, -0.2) is 4.98 Å². The van der Waals surface area contributed by atoms with Gasteiger partial charge in [0.15, 0.2) is 0 Å². The Balaban J connectivity index is 1.58. The van der Waals surface area contributed by atoms with Crippen LogP contribution in [-0.2, 0) is 11.2 Å². The van der Waals surface area contributed by atoms with E-state index >= 15 is 0 Å². The fourth-order valence-corrected chi connectivity index (χ4v) is 4.43. The van der Waals surface area contributed by atoms with Crippen LogP contribution in [0.1, 0.15) is 48.1 Å². The van der Waals surface area contributed by atoms with Crippen LogP contribution in [0.25, 0.3) is 0 Å². The van der Waals surface area contributed by atoms with Gasteiger partial charge in [-0.15, -0.1) is 11.3 Å². The lowest BCUT2D eigenvalue weighted by molar-refractivity contribution is -0.139. The van der Waals surface area contributed by atoms with Crippen LogP contribution >= 0.6 is 11.3 Å². The van der Waals surface area contributed by atoms with Crippen LogP contribution < -0.4 is 5.32 Å². The number of nitrogens with one attached hydrogen (secondary N) is 1. The summed E-state index contributed by atoms with van der Waals surface area (Å²) in [7, 11) is 0. The number of likely N-dealkylation sites (tertiary alicyclic amines) is 1. The van der Waals surface area contributed by atoms with Crippen molar-refractivity contribution in [3.8, 4) is 0 Å². The molecule has 2 N–H and O–H groups in total. The molecular formula is C16H23N3O3S. The molecule has 126 valence electrons. The number of carbonyl (C=O) groups is 2. The van der Waals surface area contributed by atoms with E-state index in [0.717, 1.165) is 37.2 Å². The Labute approximate surface area is 139 Å². The summed E-state index contributed by atoms with van der Waals surface area (Å²) in [5, 5.41) is 15.1. The minimum absolute atomic E-state index is 0.0131. The first-order valence-electron chi connectivity index (χ1n) is 8.23. The molecule has 2 saturated heterocycles. The number of carboxylic acids is 1. The molecule has 0 aliphatic carbocycles. The van der Waals surface area contributed by atoms with Crippen molar-refractivity contribution in [3.05, 3.63) is 16.1 Å². The summed E-state index contributed by atoms with van der Waals surface area (Å²) >= 11 is 1.55. The number of carbonyl (C=O) groups excluding carboxylic acids is 1. The van der Waals surface area contributed by atoms with Gasteiger partial charge in [0.05, 0.1) is 5.01 Å². The molecule has 2 fully saturated rings. The van der Waals surface area contributed by atoms with Gasteiger partial charge in [-0.1, -0.05) is 6.92 Å². The van der Waals surface area contributed by atoms with E-state index in [2.05, 4.69) is 17.2 Å². The third-order valence-electron chi connectivity index (χ3n) is 5.00. The van der Waals surface area contributed by atoms with Gasteiger partial charge >= 0.3 is 5.97 Å². The topological polar surface area (TPSA) is 82.5 Å². The van der Waals surface area contributed by atoms with E-state index in [9.17, 15) is 9.59 Å². The number of rotatable bonds is 4. The van der Waals surface area contributed by atoms with Crippen molar-refractivity contribution in [1.82, 2.24) is 15.2 Å². The van der Waals surface area contributed by atoms with Crippen molar-refractivity contribution in [2.24, 2.45) is 5.41 Å². The van der Waals surface area contributed by atoms with Crippen molar-refractivity contribution < 1.29 is 14.7 Å². The van der Waals surface area contributed by atoms with Crippen LogP contribution in [0.15, 0.2) is 5.38 Å². The summed E-state index contributed by atoms with van der Waals surface area (Å²) in [6.07, 6.45) is 4.35. The third kappa shape index (κ3) is 3.40. The van der Waals surface area contributed by atoms with E-state index in [0.29, 0.717) is 25.2 Å². The maximum atomic E-state index is 12.6. The fourth-order valence-electron chi connectivity index (χ4n) is 3.56. The molecule has 0 unspecified atom stereocenters. The van der Waals surface area contributed by atoms with E-state index in [4.69, 9.17) is 5.11 Å². The molecular weight excluding hydrogens is 314 g/mol. The number of aryl methyl sites for hydroxylation is 1. The van der Waals surface area contributed by atoms with Crippen molar-refractivity contribution >= 4 is 23.2 Å². The number of nitrogens with zero attached hydrogens (tertiary/aromatic N) is 2. The molecule has 0 aromatic carbocycles. The highest BCUT2D eigenvalue weighted by atomic mass is 32.1. The van der Waals surface area contributed by atoms with Gasteiger partial charge in [-0.3, -0.25) is 9.59 Å². The number of piperidine rings is 1. The number of aliphatic carboxylic acids is 1. The zero-order valence-electron chi connectivity index (χ0n) is 13.4. The monoisotopic (exact) mass is 337 g/mol. The highest BCUT2D eigenvalue weighted by molar-refractivity contribution is 7.09. The lowest BCUT2D eigenvalue weighted by Crippen LogP contribution is -2.44. The van der Waals surface area contributed by atoms with Crippen LogP contribution in [0.3, 0.4) is 0 Å². The van der Waals surface area contributed by atoms with Gasteiger partial charge in [0.1, 0.15) is 11.7 Å². The largest absolute Gasteiger partial charge is 0.480 e.